The van der Waals surface area contributed by atoms with Gasteiger partial charge in [0.05, 0.1) is 30.6 Å². The molecule has 4 rings (SSSR count). The fourth-order valence-electron chi connectivity index (χ4n) is 7.28. The molecule has 4 aliphatic rings. The minimum Gasteiger partial charge on any atom is -0.393 e. The Balaban J connectivity index is 1.34. The summed E-state index contributed by atoms with van der Waals surface area (Å²) < 4.78 is 6.24. The first-order valence-corrected chi connectivity index (χ1v) is 15.3. The minimum absolute atomic E-state index is 0.105. The molecule has 0 aromatic rings. The highest BCUT2D eigenvalue weighted by atomic mass is 16.5. The number of ether oxygens (including phenoxy) is 1. The third kappa shape index (κ3) is 8.27. The van der Waals surface area contributed by atoms with Crippen LogP contribution in [0.3, 0.4) is 0 Å². The quantitative estimate of drug-likeness (QED) is 0.200. The van der Waals surface area contributed by atoms with Crippen molar-refractivity contribution in [2.75, 3.05) is 13.2 Å². The molecule has 6 N–H and O–H groups in total. The van der Waals surface area contributed by atoms with Crippen molar-refractivity contribution in [1.82, 2.24) is 5.32 Å². The molecule has 1 heterocycles. The van der Waals surface area contributed by atoms with Crippen LogP contribution in [0.15, 0.2) is 12.2 Å². The topological polar surface area (TPSA) is 108 Å². The monoisotopic (exact) mass is 516 g/mol. The second-order valence-corrected chi connectivity index (χ2v) is 12.3. The molecule has 11 unspecified atom stereocenters. The van der Waals surface area contributed by atoms with E-state index in [1.807, 2.05) is 0 Å². The zero-order valence-corrected chi connectivity index (χ0v) is 22.9. The Morgan fingerprint density at radius 2 is 1.76 bits per heavy atom. The Morgan fingerprint density at radius 1 is 0.919 bits per heavy atom. The summed E-state index contributed by atoms with van der Waals surface area (Å²) in [5, 5.41) is 36.3. The SMILES string of the molecule is CCC1C#CC2C=CC(C3CCC(O)C(OCCCC4CCNC(N)C4)C3)CC(O)C2C(O)CCCC1. The Morgan fingerprint density at radius 3 is 2.57 bits per heavy atom. The fraction of sp³-hybridized carbons (Fsp3) is 0.871. The van der Waals surface area contributed by atoms with E-state index in [4.69, 9.17) is 10.5 Å². The second-order valence-electron chi connectivity index (χ2n) is 12.3. The van der Waals surface area contributed by atoms with Crippen LogP contribution in [-0.4, -0.2) is 59.1 Å². The largest absolute Gasteiger partial charge is 0.393 e. The predicted octanol–water partition coefficient (Wildman–Crippen LogP) is 3.73. The Hall–Kier alpha value is -0.940. The predicted molar refractivity (Wildman–Crippen MR) is 147 cm³/mol. The van der Waals surface area contributed by atoms with E-state index in [1.54, 1.807) is 0 Å². The van der Waals surface area contributed by atoms with Gasteiger partial charge < -0.3 is 31.1 Å². The van der Waals surface area contributed by atoms with E-state index in [9.17, 15) is 15.3 Å². The molecule has 1 saturated carbocycles. The maximum absolute atomic E-state index is 11.3. The number of aliphatic hydroxyl groups excluding tert-OH is 3. The third-order valence-corrected chi connectivity index (χ3v) is 9.67. The molecule has 0 radical (unpaired) electrons. The number of nitrogens with one attached hydrogen (secondary N) is 1. The number of fused-ring (bicyclic) bond motifs is 1. The molecule has 2 fully saturated rings. The highest BCUT2D eigenvalue weighted by Gasteiger charge is 2.40. The number of rotatable bonds is 7. The molecule has 6 heteroatoms. The van der Waals surface area contributed by atoms with Gasteiger partial charge in [0, 0.05) is 24.4 Å². The van der Waals surface area contributed by atoms with Gasteiger partial charge in [0.1, 0.15) is 0 Å². The van der Waals surface area contributed by atoms with Crippen molar-refractivity contribution in [3.8, 4) is 11.8 Å². The van der Waals surface area contributed by atoms with Crippen LogP contribution in [0.2, 0.25) is 0 Å². The van der Waals surface area contributed by atoms with Crippen LogP contribution in [-0.2, 0) is 4.74 Å². The molecule has 1 aliphatic heterocycles. The van der Waals surface area contributed by atoms with Crippen molar-refractivity contribution in [2.45, 2.75) is 121 Å². The first-order valence-electron chi connectivity index (χ1n) is 15.3. The summed E-state index contributed by atoms with van der Waals surface area (Å²) in [6.45, 7) is 3.88. The van der Waals surface area contributed by atoms with Gasteiger partial charge in [-0.1, -0.05) is 43.8 Å². The number of piperidine rings is 1. The molecule has 0 bridgehead atoms. The van der Waals surface area contributed by atoms with E-state index in [0.29, 0.717) is 30.8 Å². The number of aliphatic hydroxyl groups is 3. The van der Waals surface area contributed by atoms with Crippen LogP contribution < -0.4 is 11.1 Å². The highest BCUT2D eigenvalue weighted by molar-refractivity contribution is 5.19. The van der Waals surface area contributed by atoms with Gasteiger partial charge in [0.15, 0.2) is 0 Å². The number of allylic oxidation sites excluding steroid dienone is 2. The zero-order chi connectivity index (χ0) is 26.2. The van der Waals surface area contributed by atoms with Gasteiger partial charge in [-0.2, -0.15) is 0 Å². The van der Waals surface area contributed by atoms with Crippen molar-refractivity contribution in [2.24, 2.45) is 41.2 Å². The Bertz CT molecular complexity index is 779. The standard InChI is InChI=1S/C31H52N2O4/c1-2-21-6-3-4-8-27(35)31-23(10-9-21)11-12-24(19-28(31)36)25-13-14-26(34)29(20-25)37-17-5-7-22-15-16-33-30(32)18-22/h11-12,21-31,33-36H,2-8,13-20,32H2,1H3. The smallest absolute Gasteiger partial charge is 0.0836 e. The molecule has 37 heavy (non-hydrogen) atoms. The van der Waals surface area contributed by atoms with Crippen molar-refractivity contribution >= 4 is 0 Å². The first-order chi connectivity index (χ1) is 17.9. The molecule has 0 aromatic heterocycles. The van der Waals surface area contributed by atoms with Crippen LogP contribution in [0.5, 0.6) is 0 Å². The van der Waals surface area contributed by atoms with Crippen molar-refractivity contribution in [1.29, 1.82) is 0 Å². The number of hydrogen-bond acceptors (Lipinski definition) is 6. The highest BCUT2D eigenvalue weighted by Crippen LogP contribution is 2.40. The number of nitrogens with two attached hydrogens (primary N) is 1. The summed E-state index contributed by atoms with van der Waals surface area (Å²) in [5.74, 6) is 8.27. The molecular formula is C31H52N2O4. The fourth-order valence-corrected chi connectivity index (χ4v) is 7.28. The van der Waals surface area contributed by atoms with E-state index < -0.39 is 18.3 Å². The summed E-state index contributed by atoms with van der Waals surface area (Å²) in [4.78, 5) is 0. The van der Waals surface area contributed by atoms with Gasteiger partial charge in [-0.3, -0.25) is 0 Å². The van der Waals surface area contributed by atoms with Gasteiger partial charge in [-0.15, -0.1) is 0 Å². The maximum Gasteiger partial charge on any atom is 0.0836 e. The van der Waals surface area contributed by atoms with Crippen LogP contribution in [0.25, 0.3) is 0 Å². The van der Waals surface area contributed by atoms with E-state index in [0.717, 1.165) is 77.2 Å². The molecule has 3 aliphatic carbocycles. The molecule has 11 atom stereocenters. The molecule has 0 amide bonds. The lowest BCUT2D eigenvalue weighted by molar-refractivity contribution is -0.0802. The summed E-state index contributed by atoms with van der Waals surface area (Å²) >= 11 is 0. The third-order valence-electron chi connectivity index (χ3n) is 9.67. The van der Waals surface area contributed by atoms with Gasteiger partial charge in [0.2, 0.25) is 0 Å². The Kier molecular flexibility index (Phi) is 11.3. The van der Waals surface area contributed by atoms with Gasteiger partial charge in [-0.05, 0) is 94.9 Å². The van der Waals surface area contributed by atoms with Gasteiger partial charge >= 0.3 is 0 Å². The van der Waals surface area contributed by atoms with Crippen molar-refractivity contribution in [3.63, 3.8) is 0 Å². The molecule has 0 spiro atoms. The first kappa shape index (κ1) is 29.1. The van der Waals surface area contributed by atoms with E-state index in [-0.39, 0.29) is 30.0 Å². The molecule has 1 saturated heterocycles. The number of hydrogen-bond donors (Lipinski definition) is 5. The maximum atomic E-state index is 11.3. The summed E-state index contributed by atoms with van der Waals surface area (Å²) in [6, 6.07) is 0. The van der Waals surface area contributed by atoms with Crippen LogP contribution >= 0.6 is 0 Å². The lowest BCUT2D eigenvalue weighted by atomic mass is 9.74. The average molecular weight is 517 g/mol. The minimum atomic E-state index is -0.573. The summed E-state index contributed by atoms with van der Waals surface area (Å²) in [5.41, 5.74) is 6.04. The van der Waals surface area contributed by atoms with Crippen LogP contribution in [0.1, 0.15) is 90.4 Å². The normalized spacial score (nSPS) is 43.2. The van der Waals surface area contributed by atoms with Crippen LogP contribution in [0.4, 0.5) is 0 Å². The molecule has 0 aromatic carbocycles. The summed E-state index contributed by atoms with van der Waals surface area (Å²) in [6.07, 6.45) is 15.4. The van der Waals surface area contributed by atoms with Gasteiger partial charge in [-0.25, -0.2) is 0 Å². The van der Waals surface area contributed by atoms with Crippen molar-refractivity contribution in [3.05, 3.63) is 12.2 Å². The average Bonchev–Trinajstić information content (AvgIpc) is 3.05. The lowest BCUT2D eigenvalue weighted by Crippen LogP contribution is -2.44. The van der Waals surface area contributed by atoms with Crippen LogP contribution in [0, 0.1) is 47.3 Å². The lowest BCUT2D eigenvalue weighted by Gasteiger charge is -2.37. The summed E-state index contributed by atoms with van der Waals surface area (Å²) in [7, 11) is 0. The van der Waals surface area contributed by atoms with Crippen molar-refractivity contribution < 1.29 is 20.1 Å². The van der Waals surface area contributed by atoms with E-state index >= 15 is 0 Å². The Labute approximate surface area is 224 Å². The van der Waals surface area contributed by atoms with E-state index in [2.05, 4.69) is 36.2 Å². The second kappa shape index (κ2) is 14.4. The van der Waals surface area contributed by atoms with Gasteiger partial charge in [0.25, 0.3) is 0 Å². The van der Waals surface area contributed by atoms with E-state index in [1.165, 1.54) is 6.42 Å². The zero-order valence-electron chi connectivity index (χ0n) is 22.9. The molecule has 6 nitrogen and oxygen atoms in total. The molecule has 210 valence electrons. The molecular weight excluding hydrogens is 464 g/mol.